The number of fused-ring (bicyclic) bond motifs is 3. The Balaban J connectivity index is 1.53. The average Bonchev–Trinajstić information content (AvgIpc) is 3.10. The highest BCUT2D eigenvalue weighted by Gasteiger charge is 2.20. The Morgan fingerprint density at radius 3 is 2.59 bits per heavy atom. The first-order valence-corrected chi connectivity index (χ1v) is 10.1. The Hall–Kier alpha value is -2.82. The van der Waals surface area contributed by atoms with Gasteiger partial charge in [-0.15, -0.1) is 0 Å². The molecule has 2 atom stereocenters. The van der Waals surface area contributed by atoms with Crippen LogP contribution < -0.4 is 5.32 Å². The number of hydrogen-bond acceptors (Lipinski definition) is 2. The molecule has 0 fully saturated rings. The number of amides is 1. The summed E-state index contributed by atoms with van der Waals surface area (Å²) in [5, 5.41) is 15.5. The zero-order chi connectivity index (χ0) is 20.4. The first-order chi connectivity index (χ1) is 14.0. The summed E-state index contributed by atoms with van der Waals surface area (Å²) in [5.74, 6) is -0.433. The molecule has 4 rings (SSSR count). The third-order valence-electron chi connectivity index (χ3n) is 5.37. The molecule has 5 heteroatoms. The highest BCUT2D eigenvalue weighted by molar-refractivity contribution is 6.31. The molecule has 1 aromatic heterocycles. The number of rotatable bonds is 6. The maximum Gasteiger partial charge on any atom is 0.227 e. The van der Waals surface area contributed by atoms with Gasteiger partial charge in [-0.3, -0.25) is 4.79 Å². The van der Waals surface area contributed by atoms with Crippen molar-refractivity contribution in [1.82, 2.24) is 10.3 Å². The van der Waals surface area contributed by atoms with E-state index in [1.165, 1.54) is 0 Å². The molecular formula is C24H23ClN2O2. The molecule has 0 radical (unpaired) electrons. The number of aliphatic hydroxyl groups is 1. The number of halogens is 1. The van der Waals surface area contributed by atoms with Crippen LogP contribution >= 0.6 is 11.6 Å². The predicted molar refractivity (Wildman–Crippen MR) is 118 cm³/mol. The standard InChI is InChI=1S/C24H23ClN2O2/c1-15(24(29)26-19(14-28)11-16-5-3-2-4-6-16)17-7-9-20-21-13-18(25)8-10-22(21)27-23(20)12-17/h2-10,12-13,15,19,27-28H,11,14H2,1H3,(H,26,29)/t15?,19-/m0/s1. The van der Waals surface area contributed by atoms with Crippen molar-refractivity contribution in [3.8, 4) is 0 Å². The molecule has 0 saturated carbocycles. The summed E-state index contributed by atoms with van der Waals surface area (Å²) in [6.07, 6.45) is 0.595. The van der Waals surface area contributed by atoms with Crippen molar-refractivity contribution in [1.29, 1.82) is 0 Å². The molecule has 1 heterocycles. The number of H-pyrrole nitrogens is 1. The summed E-state index contributed by atoms with van der Waals surface area (Å²) in [7, 11) is 0. The zero-order valence-corrected chi connectivity index (χ0v) is 16.9. The minimum Gasteiger partial charge on any atom is -0.394 e. The number of aromatic amines is 1. The first-order valence-electron chi connectivity index (χ1n) is 9.71. The molecule has 3 N–H and O–H groups in total. The van der Waals surface area contributed by atoms with E-state index in [0.717, 1.165) is 32.9 Å². The molecule has 0 aliphatic heterocycles. The van der Waals surface area contributed by atoms with Crippen molar-refractivity contribution in [3.63, 3.8) is 0 Å². The van der Waals surface area contributed by atoms with E-state index < -0.39 is 0 Å². The Bertz CT molecular complexity index is 1150. The second-order valence-corrected chi connectivity index (χ2v) is 7.86. The average molecular weight is 407 g/mol. The molecule has 1 amide bonds. The largest absolute Gasteiger partial charge is 0.394 e. The van der Waals surface area contributed by atoms with Crippen LogP contribution in [0.25, 0.3) is 21.8 Å². The van der Waals surface area contributed by atoms with Crippen LogP contribution in [-0.4, -0.2) is 28.6 Å². The fraction of sp³-hybridized carbons (Fsp3) is 0.208. The monoisotopic (exact) mass is 406 g/mol. The van der Waals surface area contributed by atoms with Crippen LogP contribution in [0.4, 0.5) is 0 Å². The van der Waals surface area contributed by atoms with Crippen LogP contribution in [0.5, 0.6) is 0 Å². The number of hydrogen-bond donors (Lipinski definition) is 3. The fourth-order valence-electron chi connectivity index (χ4n) is 3.70. The van der Waals surface area contributed by atoms with Gasteiger partial charge < -0.3 is 15.4 Å². The topological polar surface area (TPSA) is 65.1 Å². The van der Waals surface area contributed by atoms with Gasteiger partial charge in [-0.1, -0.05) is 54.1 Å². The summed E-state index contributed by atoms with van der Waals surface area (Å²) < 4.78 is 0. The lowest BCUT2D eigenvalue weighted by atomic mass is 9.97. The minimum absolute atomic E-state index is 0.0986. The molecule has 3 aromatic carbocycles. The lowest BCUT2D eigenvalue weighted by Gasteiger charge is -2.20. The molecular weight excluding hydrogens is 384 g/mol. The number of carbonyl (C=O) groups is 1. The summed E-state index contributed by atoms with van der Waals surface area (Å²) in [6, 6.07) is 21.3. The number of aromatic nitrogens is 1. The van der Waals surface area contributed by atoms with Gasteiger partial charge >= 0.3 is 0 Å². The van der Waals surface area contributed by atoms with Gasteiger partial charge in [0.05, 0.1) is 18.6 Å². The van der Waals surface area contributed by atoms with E-state index >= 15 is 0 Å². The molecule has 1 unspecified atom stereocenters. The van der Waals surface area contributed by atoms with Crippen molar-refractivity contribution in [3.05, 3.63) is 82.9 Å². The fourth-order valence-corrected chi connectivity index (χ4v) is 3.87. The third-order valence-corrected chi connectivity index (χ3v) is 5.60. The van der Waals surface area contributed by atoms with Gasteiger partial charge in [0, 0.05) is 26.8 Å². The van der Waals surface area contributed by atoms with Crippen molar-refractivity contribution >= 4 is 39.3 Å². The molecule has 0 saturated heterocycles. The van der Waals surface area contributed by atoms with Crippen molar-refractivity contribution in [2.45, 2.75) is 25.3 Å². The molecule has 148 valence electrons. The van der Waals surface area contributed by atoms with Gasteiger partial charge in [0.2, 0.25) is 5.91 Å². The molecule has 0 aliphatic rings. The van der Waals surface area contributed by atoms with E-state index in [-0.39, 0.29) is 24.5 Å². The highest BCUT2D eigenvalue weighted by atomic mass is 35.5. The first kappa shape index (κ1) is 19.5. The van der Waals surface area contributed by atoms with Crippen LogP contribution in [0.2, 0.25) is 5.02 Å². The Kier molecular flexibility index (Phi) is 5.56. The van der Waals surface area contributed by atoms with E-state index in [1.54, 1.807) is 0 Å². The predicted octanol–water partition coefficient (Wildman–Crippen LogP) is 4.80. The quantitative estimate of drug-likeness (QED) is 0.430. The van der Waals surface area contributed by atoms with E-state index in [2.05, 4.69) is 10.3 Å². The molecule has 0 aliphatic carbocycles. The van der Waals surface area contributed by atoms with Crippen LogP contribution in [0.1, 0.15) is 24.0 Å². The van der Waals surface area contributed by atoms with E-state index in [4.69, 9.17) is 11.6 Å². The number of aliphatic hydroxyl groups excluding tert-OH is 1. The second-order valence-electron chi connectivity index (χ2n) is 7.42. The summed E-state index contributed by atoms with van der Waals surface area (Å²) in [5.41, 5.74) is 3.99. The van der Waals surface area contributed by atoms with Gasteiger partial charge in [-0.05, 0) is 48.7 Å². The maximum atomic E-state index is 12.8. The smallest absolute Gasteiger partial charge is 0.227 e. The third kappa shape index (κ3) is 4.14. The Labute approximate surface area is 174 Å². The summed E-state index contributed by atoms with van der Waals surface area (Å²) >= 11 is 6.13. The highest BCUT2D eigenvalue weighted by Crippen LogP contribution is 2.30. The van der Waals surface area contributed by atoms with Crippen molar-refractivity contribution in [2.75, 3.05) is 6.61 Å². The lowest BCUT2D eigenvalue weighted by Crippen LogP contribution is -2.41. The minimum atomic E-state index is -0.334. The Morgan fingerprint density at radius 2 is 1.83 bits per heavy atom. The van der Waals surface area contributed by atoms with Gasteiger partial charge in [0.25, 0.3) is 0 Å². The van der Waals surface area contributed by atoms with Crippen LogP contribution in [0.3, 0.4) is 0 Å². The van der Waals surface area contributed by atoms with Crippen molar-refractivity contribution < 1.29 is 9.90 Å². The van der Waals surface area contributed by atoms with Gasteiger partial charge in [-0.2, -0.15) is 0 Å². The van der Waals surface area contributed by atoms with Crippen LogP contribution in [0, 0.1) is 0 Å². The second kappa shape index (κ2) is 8.27. The van der Waals surface area contributed by atoms with Crippen LogP contribution in [-0.2, 0) is 11.2 Å². The van der Waals surface area contributed by atoms with Crippen molar-refractivity contribution in [2.24, 2.45) is 0 Å². The molecule has 0 spiro atoms. The number of nitrogens with one attached hydrogen (secondary N) is 2. The summed E-state index contributed by atoms with van der Waals surface area (Å²) in [4.78, 5) is 16.2. The number of benzene rings is 3. The van der Waals surface area contributed by atoms with E-state index in [1.807, 2.05) is 73.7 Å². The molecule has 0 bridgehead atoms. The van der Waals surface area contributed by atoms with Crippen LogP contribution in [0.15, 0.2) is 66.7 Å². The molecule has 4 nitrogen and oxygen atoms in total. The summed E-state index contributed by atoms with van der Waals surface area (Å²) in [6.45, 7) is 1.78. The van der Waals surface area contributed by atoms with Gasteiger partial charge in [0.15, 0.2) is 0 Å². The van der Waals surface area contributed by atoms with Gasteiger partial charge in [0.1, 0.15) is 0 Å². The van der Waals surface area contributed by atoms with E-state index in [9.17, 15) is 9.90 Å². The maximum absolute atomic E-state index is 12.8. The van der Waals surface area contributed by atoms with Gasteiger partial charge in [-0.25, -0.2) is 0 Å². The van der Waals surface area contributed by atoms with E-state index in [0.29, 0.717) is 11.4 Å². The molecule has 4 aromatic rings. The lowest BCUT2D eigenvalue weighted by molar-refractivity contribution is -0.123. The SMILES string of the molecule is CC(C(=O)N[C@H](CO)Cc1ccccc1)c1ccc2c(c1)[nH]c1ccc(Cl)cc12. The Morgan fingerprint density at radius 1 is 1.03 bits per heavy atom. The zero-order valence-electron chi connectivity index (χ0n) is 16.2. The normalized spacial score (nSPS) is 13.5. The number of carbonyl (C=O) groups excluding carboxylic acids is 1. The molecule has 29 heavy (non-hydrogen) atoms.